The fourth-order valence-electron chi connectivity index (χ4n) is 3.61. The number of carboxylic acid groups (broad SMARTS) is 1. The van der Waals surface area contributed by atoms with Gasteiger partial charge >= 0.3 is 12.1 Å². The number of rotatable bonds is 2. The normalized spacial score (nSPS) is 29.2. The highest BCUT2D eigenvalue weighted by atomic mass is 19.4. The van der Waals surface area contributed by atoms with Gasteiger partial charge in [0.25, 0.3) is 0 Å². The molecule has 1 saturated carbocycles. The Morgan fingerprint density at radius 3 is 2.00 bits per heavy atom. The minimum atomic E-state index is -4.85. The van der Waals surface area contributed by atoms with E-state index in [-0.39, 0.29) is 12.5 Å². The molecule has 2 rings (SSSR count). The van der Waals surface area contributed by atoms with Gasteiger partial charge in [-0.1, -0.05) is 32.6 Å². The Balaban J connectivity index is 2.18. The van der Waals surface area contributed by atoms with Crippen LogP contribution in [0.1, 0.15) is 51.9 Å². The summed E-state index contributed by atoms with van der Waals surface area (Å²) in [6.45, 7) is 0.898. The molecule has 0 aromatic carbocycles. The molecular weight excluding hydrogens is 299 g/mol. The van der Waals surface area contributed by atoms with Crippen molar-refractivity contribution in [3.05, 3.63) is 0 Å². The molecule has 1 saturated heterocycles. The van der Waals surface area contributed by atoms with E-state index in [0.717, 1.165) is 30.6 Å². The zero-order chi connectivity index (χ0) is 16.6. The highest BCUT2D eigenvalue weighted by Gasteiger charge is 2.64. The highest BCUT2D eigenvalue weighted by molar-refractivity contribution is 5.85. The quantitative estimate of drug-likeness (QED) is 0.795. The standard InChI is InChI=1S/C15H22F3NO3/c1-13(6-4-2-3-5-7-13)11(20)19-9-8-14(10-19,12(21)22)15(16,17)18/h2-10H2,1H3,(H,21,22). The monoisotopic (exact) mass is 321 g/mol. The summed E-state index contributed by atoms with van der Waals surface area (Å²) in [5.41, 5.74) is -3.47. The van der Waals surface area contributed by atoms with Crippen LogP contribution in [-0.2, 0) is 9.59 Å². The Hall–Kier alpha value is -1.27. The lowest BCUT2D eigenvalue weighted by molar-refractivity contribution is -0.227. The van der Waals surface area contributed by atoms with Crippen LogP contribution < -0.4 is 0 Å². The molecular formula is C15H22F3NO3. The molecule has 4 nitrogen and oxygen atoms in total. The molecule has 1 amide bonds. The summed E-state index contributed by atoms with van der Waals surface area (Å²) < 4.78 is 39.6. The van der Waals surface area contributed by atoms with Crippen LogP contribution in [0.3, 0.4) is 0 Å². The maximum absolute atomic E-state index is 13.2. The topological polar surface area (TPSA) is 57.6 Å². The average Bonchev–Trinajstić information content (AvgIpc) is 2.77. The van der Waals surface area contributed by atoms with E-state index in [9.17, 15) is 22.8 Å². The number of nitrogens with zero attached hydrogens (tertiary/aromatic N) is 1. The second-order valence-corrected chi connectivity index (χ2v) is 6.84. The molecule has 0 radical (unpaired) electrons. The van der Waals surface area contributed by atoms with Crippen LogP contribution in [0.2, 0.25) is 0 Å². The van der Waals surface area contributed by atoms with Crippen molar-refractivity contribution in [2.24, 2.45) is 10.8 Å². The van der Waals surface area contributed by atoms with Gasteiger partial charge in [0.2, 0.25) is 5.91 Å². The minimum absolute atomic E-state index is 0.139. The summed E-state index contributed by atoms with van der Waals surface area (Å²) in [6, 6.07) is 0. The summed E-state index contributed by atoms with van der Waals surface area (Å²) in [7, 11) is 0. The van der Waals surface area contributed by atoms with E-state index in [1.54, 1.807) is 6.92 Å². The van der Waals surface area contributed by atoms with Crippen LogP contribution in [0.25, 0.3) is 0 Å². The Bertz CT molecular complexity index is 455. The summed E-state index contributed by atoms with van der Waals surface area (Å²) in [5.74, 6) is -2.21. The lowest BCUT2D eigenvalue weighted by Gasteiger charge is -2.33. The van der Waals surface area contributed by atoms with E-state index in [1.165, 1.54) is 0 Å². The maximum atomic E-state index is 13.2. The van der Waals surface area contributed by atoms with Crippen molar-refractivity contribution < 1.29 is 27.9 Å². The van der Waals surface area contributed by atoms with Crippen molar-refractivity contribution >= 4 is 11.9 Å². The van der Waals surface area contributed by atoms with Crippen LogP contribution in [-0.4, -0.2) is 41.1 Å². The SMILES string of the molecule is CC1(C(=O)N2CCC(C(=O)O)(C(F)(F)F)C2)CCCCCC1. The Kier molecular flexibility index (Phi) is 4.46. The zero-order valence-corrected chi connectivity index (χ0v) is 12.7. The molecule has 0 aromatic heterocycles. The van der Waals surface area contributed by atoms with Gasteiger partial charge in [-0.25, -0.2) is 0 Å². The number of aliphatic carboxylic acids is 1. The van der Waals surface area contributed by atoms with Gasteiger partial charge in [0.15, 0.2) is 5.41 Å². The van der Waals surface area contributed by atoms with E-state index < -0.39 is 35.9 Å². The van der Waals surface area contributed by atoms with Crippen LogP contribution in [0.4, 0.5) is 13.2 Å². The third-order valence-corrected chi connectivity index (χ3v) is 5.23. The zero-order valence-electron chi connectivity index (χ0n) is 12.7. The predicted octanol–water partition coefficient (Wildman–Crippen LogP) is 3.21. The van der Waals surface area contributed by atoms with Crippen molar-refractivity contribution in [2.75, 3.05) is 13.1 Å². The van der Waals surface area contributed by atoms with Crippen molar-refractivity contribution in [3.63, 3.8) is 0 Å². The van der Waals surface area contributed by atoms with Crippen LogP contribution in [0.5, 0.6) is 0 Å². The summed E-state index contributed by atoms with van der Waals surface area (Å²) in [6.07, 6.45) is -0.247. The van der Waals surface area contributed by atoms with E-state index in [1.807, 2.05) is 0 Å². The smallest absolute Gasteiger partial charge is 0.406 e. The average molecular weight is 321 g/mol. The Labute approximate surface area is 127 Å². The van der Waals surface area contributed by atoms with Gasteiger partial charge in [-0.2, -0.15) is 13.2 Å². The number of alkyl halides is 3. The molecule has 2 fully saturated rings. The molecule has 22 heavy (non-hydrogen) atoms. The first kappa shape index (κ1) is 17.1. The molecule has 126 valence electrons. The molecule has 1 atom stereocenters. The largest absolute Gasteiger partial charge is 0.481 e. The molecule has 0 bridgehead atoms. The number of halogens is 3. The number of hydrogen-bond donors (Lipinski definition) is 1. The van der Waals surface area contributed by atoms with Gasteiger partial charge in [-0.05, 0) is 19.3 Å². The van der Waals surface area contributed by atoms with Crippen molar-refractivity contribution in [1.29, 1.82) is 0 Å². The van der Waals surface area contributed by atoms with Gasteiger partial charge in [-0.3, -0.25) is 9.59 Å². The molecule has 1 aliphatic heterocycles. The van der Waals surface area contributed by atoms with Gasteiger partial charge in [0, 0.05) is 18.5 Å². The Morgan fingerprint density at radius 1 is 1.05 bits per heavy atom. The van der Waals surface area contributed by atoms with Crippen molar-refractivity contribution in [2.45, 2.75) is 58.0 Å². The minimum Gasteiger partial charge on any atom is -0.481 e. The van der Waals surface area contributed by atoms with Crippen LogP contribution in [0.15, 0.2) is 0 Å². The predicted molar refractivity (Wildman–Crippen MR) is 73.1 cm³/mol. The second kappa shape index (κ2) is 5.74. The lowest BCUT2D eigenvalue weighted by atomic mass is 9.81. The van der Waals surface area contributed by atoms with E-state index in [4.69, 9.17) is 5.11 Å². The second-order valence-electron chi connectivity index (χ2n) is 6.84. The number of carbonyl (C=O) groups is 2. The van der Waals surface area contributed by atoms with E-state index >= 15 is 0 Å². The molecule has 0 spiro atoms. The molecule has 1 aliphatic carbocycles. The van der Waals surface area contributed by atoms with Crippen LogP contribution >= 0.6 is 0 Å². The molecule has 1 N–H and O–H groups in total. The number of hydrogen-bond acceptors (Lipinski definition) is 2. The first-order valence-corrected chi connectivity index (χ1v) is 7.72. The third kappa shape index (κ3) is 2.82. The number of likely N-dealkylation sites (tertiary alicyclic amines) is 1. The van der Waals surface area contributed by atoms with Crippen molar-refractivity contribution in [3.8, 4) is 0 Å². The fraction of sp³-hybridized carbons (Fsp3) is 0.867. The first-order valence-electron chi connectivity index (χ1n) is 7.72. The first-order chi connectivity index (χ1) is 10.1. The summed E-state index contributed by atoms with van der Waals surface area (Å²) in [5, 5.41) is 9.06. The lowest BCUT2D eigenvalue weighted by Crippen LogP contribution is -2.49. The summed E-state index contributed by atoms with van der Waals surface area (Å²) in [4.78, 5) is 25.0. The molecule has 1 unspecified atom stereocenters. The molecule has 7 heteroatoms. The molecule has 2 aliphatic rings. The highest BCUT2D eigenvalue weighted by Crippen LogP contribution is 2.47. The number of carbonyl (C=O) groups excluding carboxylic acids is 1. The van der Waals surface area contributed by atoms with Crippen molar-refractivity contribution in [1.82, 2.24) is 4.90 Å². The van der Waals surface area contributed by atoms with Crippen LogP contribution in [0, 0.1) is 10.8 Å². The van der Waals surface area contributed by atoms with Gasteiger partial charge < -0.3 is 10.0 Å². The fourth-order valence-corrected chi connectivity index (χ4v) is 3.61. The molecule has 0 aromatic rings. The van der Waals surface area contributed by atoms with Gasteiger partial charge in [0.05, 0.1) is 0 Å². The maximum Gasteiger partial charge on any atom is 0.406 e. The molecule has 1 heterocycles. The van der Waals surface area contributed by atoms with E-state index in [0.29, 0.717) is 12.8 Å². The van der Waals surface area contributed by atoms with Gasteiger partial charge in [-0.15, -0.1) is 0 Å². The van der Waals surface area contributed by atoms with E-state index in [2.05, 4.69) is 0 Å². The number of carboxylic acids is 1. The summed E-state index contributed by atoms with van der Waals surface area (Å²) >= 11 is 0. The third-order valence-electron chi connectivity index (χ3n) is 5.23. The number of amides is 1. The van der Waals surface area contributed by atoms with Gasteiger partial charge in [0.1, 0.15) is 0 Å². The Morgan fingerprint density at radius 2 is 1.59 bits per heavy atom.